The summed E-state index contributed by atoms with van der Waals surface area (Å²) in [5.74, 6) is 0.381. The van der Waals surface area contributed by atoms with Crippen molar-refractivity contribution in [3.8, 4) is 0 Å². The summed E-state index contributed by atoms with van der Waals surface area (Å²) in [5, 5.41) is 2.50. The number of hydrogen-bond donors (Lipinski definition) is 1. The molecule has 0 bridgehead atoms. The van der Waals surface area contributed by atoms with Gasteiger partial charge in [0, 0.05) is 25.5 Å². The van der Waals surface area contributed by atoms with Crippen molar-refractivity contribution >= 4 is 11.7 Å². The van der Waals surface area contributed by atoms with E-state index in [1.807, 2.05) is 24.3 Å². The molecule has 0 aliphatic carbocycles. The van der Waals surface area contributed by atoms with E-state index in [1.165, 1.54) is 5.56 Å². The Morgan fingerprint density at radius 1 is 1.12 bits per heavy atom. The first-order valence-corrected chi connectivity index (χ1v) is 5.88. The molecule has 0 saturated carbocycles. The fraction of sp³-hybridized carbons (Fsp3) is 0.429. The molecule has 3 heteroatoms. The van der Waals surface area contributed by atoms with Crippen LogP contribution in [0.25, 0.3) is 0 Å². The molecule has 1 aromatic carbocycles. The van der Waals surface area contributed by atoms with Crippen LogP contribution >= 0.6 is 0 Å². The zero-order valence-corrected chi connectivity index (χ0v) is 10.6. The third kappa shape index (κ3) is 4.02. The molecular weight excluding hydrogens is 214 g/mol. The van der Waals surface area contributed by atoms with Crippen LogP contribution in [0.3, 0.4) is 0 Å². The minimum absolute atomic E-state index is 0.0175. The van der Waals surface area contributed by atoms with Crippen LogP contribution in [0.4, 0.5) is 0 Å². The summed E-state index contributed by atoms with van der Waals surface area (Å²) in [4.78, 5) is 22.8. The number of nitrogens with one attached hydrogen (secondary N) is 1. The smallest absolute Gasteiger partial charge is 0.220 e. The second kappa shape index (κ2) is 6.18. The molecule has 0 radical (unpaired) electrons. The van der Waals surface area contributed by atoms with Crippen molar-refractivity contribution in [3.05, 3.63) is 35.4 Å². The molecule has 0 saturated heterocycles. The average Bonchev–Trinajstić information content (AvgIpc) is 2.35. The normalized spacial score (nSPS) is 10.4. The Morgan fingerprint density at radius 2 is 1.71 bits per heavy atom. The number of hydrogen-bond acceptors (Lipinski definition) is 2. The van der Waals surface area contributed by atoms with Gasteiger partial charge in [0.25, 0.3) is 0 Å². The molecule has 3 nitrogen and oxygen atoms in total. The standard InChI is InChI=1S/C14H19NO2/c1-10(2)11-4-6-12(7-5-11)13(16)8-9-14(17)15-3/h4-7,10H,8-9H2,1-3H3,(H,15,17). The molecule has 1 aromatic rings. The molecule has 0 atom stereocenters. The van der Waals surface area contributed by atoms with Crippen molar-refractivity contribution in [2.45, 2.75) is 32.6 Å². The maximum Gasteiger partial charge on any atom is 0.220 e. The molecule has 0 aliphatic rings. The van der Waals surface area contributed by atoms with Gasteiger partial charge < -0.3 is 5.32 Å². The molecule has 0 aromatic heterocycles. The zero-order chi connectivity index (χ0) is 12.8. The number of carbonyl (C=O) groups is 2. The van der Waals surface area contributed by atoms with Gasteiger partial charge in [0.2, 0.25) is 5.91 Å². The van der Waals surface area contributed by atoms with Crippen molar-refractivity contribution in [1.82, 2.24) is 5.32 Å². The van der Waals surface area contributed by atoms with Crippen molar-refractivity contribution in [2.24, 2.45) is 0 Å². The van der Waals surface area contributed by atoms with Gasteiger partial charge in [0.05, 0.1) is 0 Å². The molecule has 0 unspecified atom stereocenters. The quantitative estimate of drug-likeness (QED) is 0.794. The second-order valence-electron chi connectivity index (χ2n) is 4.37. The van der Waals surface area contributed by atoms with Gasteiger partial charge >= 0.3 is 0 Å². The molecule has 0 spiro atoms. The van der Waals surface area contributed by atoms with Crippen LogP contribution in [-0.4, -0.2) is 18.7 Å². The lowest BCUT2D eigenvalue weighted by Gasteiger charge is -2.06. The SMILES string of the molecule is CNC(=O)CCC(=O)c1ccc(C(C)C)cc1. The summed E-state index contributed by atoms with van der Waals surface area (Å²) in [5.41, 5.74) is 1.89. The Bertz CT molecular complexity index is 393. The van der Waals surface area contributed by atoms with Crippen LogP contribution in [0.1, 0.15) is 48.5 Å². The first-order chi connectivity index (χ1) is 8.04. The van der Waals surface area contributed by atoms with E-state index in [0.717, 1.165) is 0 Å². The Kier molecular flexibility index (Phi) is 4.88. The maximum absolute atomic E-state index is 11.8. The highest BCUT2D eigenvalue weighted by atomic mass is 16.2. The highest BCUT2D eigenvalue weighted by Gasteiger charge is 2.08. The summed E-state index contributed by atoms with van der Waals surface area (Å²) in [6, 6.07) is 7.61. The molecule has 0 fully saturated rings. The molecule has 92 valence electrons. The van der Waals surface area contributed by atoms with Crippen molar-refractivity contribution in [2.75, 3.05) is 7.05 Å². The summed E-state index contributed by atoms with van der Waals surface area (Å²) < 4.78 is 0. The lowest BCUT2D eigenvalue weighted by molar-refractivity contribution is -0.120. The highest BCUT2D eigenvalue weighted by Crippen LogP contribution is 2.15. The van der Waals surface area contributed by atoms with Gasteiger partial charge in [-0.05, 0) is 11.5 Å². The minimum atomic E-state index is -0.0999. The fourth-order valence-corrected chi connectivity index (χ4v) is 1.55. The first kappa shape index (κ1) is 13.4. The summed E-state index contributed by atoms with van der Waals surface area (Å²) in [6.07, 6.45) is 0.516. The zero-order valence-electron chi connectivity index (χ0n) is 10.6. The summed E-state index contributed by atoms with van der Waals surface area (Å²) in [7, 11) is 1.57. The van der Waals surface area contributed by atoms with Gasteiger partial charge in [-0.3, -0.25) is 9.59 Å². The molecule has 1 N–H and O–H groups in total. The first-order valence-electron chi connectivity index (χ1n) is 5.88. The molecule has 1 amide bonds. The van der Waals surface area contributed by atoms with Crippen LogP contribution in [0.5, 0.6) is 0 Å². The van der Waals surface area contributed by atoms with E-state index in [1.54, 1.807) is 7.05 Å². The van der Waals surface area contributed by atoms with E-state index in [-0.39, 0.29) is 24.5 Å². The Balaban J connectivity index is 2.61. The van der Waals surface area contributed by atoms with E-state index in [2.05, 4.69) is 19.2 Å². The lowest BCUT2D eigenvalue weighted by Crippen LogP contribution is -2.18. The Labute approximate surface area is 102 Å². The number of rotatable bonds is 5. The van der Waals surface area contributed by atoms with Crippen molar-refractivity contribution < 1.29 is 9.59 Å². The molecular formula is C14H19NO2. The van der Waals surface area contributed by atoms with Gasteiger partial charge in [0.1, 0.15) is 0 Å². The van der Waals surface area contributed by atoms with Crippen molar-refractivity contribution in [3.63, 3.8) is 0 Å². The predicted molar refractivity (Wildman–Crippen MR) is 68.2 cm³/mol. The number of amides is 1. The minimum Gasteiger partial charge on any atom is -0.359 e. The van der Waals surface area contributed by atoms with Crippen molar-refractivity contribution in [1.29, 1.82) is 0 Å². The monoisotopic (exact) mass is 233 g/mol. The Hall–Kier alpha value is -1.64. The fourth-order valence-electron chi connectivity index (χ4n) is 1.55. The van der Waals surface area contributed by atoms with E-state index < -0.39 is 0 Å². The van der Waals surface area contributed by atoms with E-state index in [0.29, 0.717) is 11.5 Å². The number of Topliss-reactive ketones (excluding diaryl/α,β-unsaturated/α-hetero) is 1. The van der Waals surface area contributed by atoms with Crippen LogP contribution in [-0.2, 0) is 4.79 Å². The maximum atomic E-state index is 11.8. The van der Waals surface area contributed by atoms with E-state index in [9.17, 15) is 9.59 Å². The number of benzene rings is 1. The molecule has 1 rings (SSSR count). The molecule has 17 heavy (non-hydrogen) atoms. The van der Waals surface area contributed by atoms with Crippen LogP contribution in [0.15, 0.2) is 24.3 Å². The topological polar surface area (TPSA) is 46.2 Å². The molecule has 0 heterocycles. The largest absolute Gasteiger partial charge is 0.359 e. The average molecular weight is 233 g/mol. The number of ketones is 1. The number of carbonyl (C=O) groups excluding carboxylic acids is 2. The predicted octanol–water partition coefficient (Wildman–Crippen LogP) is 2.52. The van der Waals surface area contributed by atoms with Gasteiger partial charge in [-0.15, -0.1) is 0 Å². The van der Waals surface area contributed by atoms with E-state index >= 15 is 0 Å². The van der Waals surface area contributed by atoms with Gasteiger partial charge in [-0.25, -0.2) is 0 Å². The summed E-state index contributed by atoms with van der Waals surface area (Å²) in [6.45, 7) is 4.23. The summed E-state index contributed by atoms with van der Waals surface area (Å²) >= 11 is 0. The van der Waals surface area contributed by atoms with E-state index in [4.69, 9.17) is 0 Å². The van der Waals surface area contributed by atoms with Crippen LogP contribution in [0.2, 0.25) is 0 Å². The highest BCUT2D eigenvalue weighted by molar-refractivity contribution is 5.97. The van der Waals surface area contributed by atoms with Crippen LogP contribution < -0.4 is 5.32 Å². The van der Waals surface area contributed by atoms with Gasteiger partial charge in [-0.2, -0.15) is 0 Å². The lowest BCUT2D eigenvalue weighted by atomic mass is 9.99. The third-order valence-corrected chi connectivity index (χ3v) is 2.76. The van der Waals surface area contributed by atoms with Gasteiger partial charge in [0.15, 0.2) is 5.78 Å². The molecule has 0 aliphatic heterocycles. The second-order valence-corrected chi connectivity index (χ2v) is 4.37. The Morgan fingerprint density at radius 3 is 2.18 bits per heavy atom. The van der Waals surface area contributed by atoms with Crippen LogP contribution in [0, 0.1) is 0 Å². The third-order valence-electron chi connectivity index (χ3n) is 2.76. The van der Waals surface area contributed by atoms with Gasteiger partial charge in [-0.1, -0.05) is 38.1 Å².